The van der Waals surface area contributed by atoms with Crippen LogP contribution in [0.25, 0.3) is 0 Å². The summed E-state index contributed by atoms with van der Waals surface area (Å²) in [7, 11) is 0. The lowest BCUT2D eigenvalue weighted by Crippen LogP contribution is -2.16. The maximum Gasteiger partial charge on any atom is 0.104 e. The summed E-state index contributed by atoms with van der Waals surface area (Å²) in [6.07, 6.45) is 0. The molecule has 0 aliphatic heterocycles. The van der Waals surface area contributed by atoms with E-state index in [4.69, 9.17) is 18.0 Å². The Morgan fingerprint density at radius 2 is 2.00 bits per heavy atom. The summed E-state index contributed by atoms with van der Waals surface area (Å²) in [5.41, 5.74) is 8.86. The molecule has 0 aromatic heterocycles. The quantitative estimate of drug-likeness (QED) is 0.787. The Morgan fingerprint density at radius 3 is 2.47 bits per heavy atom. The summed E-state index contributed by atoms with van der Waals surface area (Å²) >= 11 is 4.99. The van der Waals surface area contributed by atoms with Gasteiger partial charge in [-0.3, -0.25) is 0 Å². The Bertz CT molecular complexity index is 399. The van der Waals surface area contributed by atoms with Crippen LogP contribution in [0.5, 0.6) is 0 Å². The van der Waals surface area contributed by atoms with Crippen molar-refractivity contribution in [1.29, 1.82) is 0 Å². The first-order valence-electron chi connectivity index (χ1n) is 6.06. The molecule has 1 rings (SSSR count). The molecule has 0 saturated carbocycles. The third-order valence-electron chi connectivity index (χ3n) is 3.26. The van der Waals surface area contributed by atoms with Gasteiger partial charge in [0.05, 0.1) is 0 Å². The average molecular weight is 250 g/mol. The molecule has 0 spiro atoms. The molecule has 0 fully saturated rings. The monoisotopic (exact) mass is 250 g/mol. The highest BCUT2D eigenvalue weighted by Crippen LogP contribution is 2.17. The third-order valence-corrected chi connectivity index (χ3v) is 3.48. The number of hydrogen-bond donors (Lipinski definition) is 2. The van der Waals surface area contributed by atoms with Crippen LogP contribution in [0.2, 0.25) is 0 Å². The topological polar surface area (TPSA) is 38.0 Å². The minimum absolute atomic E-state index is 0.463. The van der Waals surface area contributed by atoms with Crippen LogP contribution in [-0.2, 0) is 0 Å². The summed E-state index contributed by atoms with van der Waals surface area (Å²) in [5.74, 6) is 1.35. The Balaban J connectivity index is 2.68. The van der Waals surface area contributed by atoms with E-state index >= 15 is 0 Å². The summed E-state index contributed by atoms with van der Waals surface area (Å²) in [4.78, 5) is 0.463. The number of nitrogens with one attached hydrogen (secondary N) is 1. The number of aryl methyl sites for hydroxylation is 1. The molecule has 94 valence electrons. The number of nitrogens with two attached hydrogens (primary N) is 1. The number of thiocarbonyl (C=S) groups is 1. The van der Waals surface area contributed by atoms with E-state index in [1.54, 1.807) is 0 Å². The smallest absolute Gasteiger partial charge is 0.104 e. The molecular weight excluding hydrogens is 228 g/mol. The predicted molar refractivity (Wildman–Crippen MR) is 79.6 cm³/mol. The van der Waals surface area contributed by atoms with Gasteiger partial charge in [-0.2, -0.15) is 0 Å². The van der Waals surface area contributed by atoms with Crippen molar-refractivity contribution < 1.29 is 0 Å². The molecule has 1 aromatic rings. The molecule has 1 aromatic carbocycles. The van der Waals surface area contributed by atoms with Crippen molar-refractivity contribution in [3.05, 3.63) is 29.3 Å². The van der Waals surface area contributed by atoms with Crippen LogP contribution < -0.4 is 11.1 Å². The molecule has 0 heterocycles. The molecular formula is C14H22N2S. The molecule has 0 aliphatic rings. The number of benzene rings is 1. The maximum atomic E-state index is 5.64. The Morgan fingerprint density at radius 1 is 1.35 bits per heavy atom. The normalized spacial score (nSPS) is 12.5. The highest BCUT2D eigenvalue weighted by Gasteiger charge is 2.07. The van der Waals surface area contributed by atoms with E-state index in [0.29, 0.717) is 16.8 Å². The minimum Gasteiger partial charge on any atom is -0.389 e. The molecule has 0 radical (unpaired) electrons. The molecule has 2 nitrogen and oxygen atoms in total. The van der Waals surface area contributed by atoms with Crippen LogP contribution in [0, 0.1) is 18.8 Å². The summed E-state index contributed by atoms with van der Waals surface area (Å²) < 4.78 is 0. The molecule has 3 N–H and O–H groups in total. The second-order valence-corrected chi connectivity index (χ2v) is 5.44. The summed E-state index contributed by atoms with van der Waals surface area (Å²) in [5, 5.41) is 3.45. The number of anilines is 1. The first-order valence-corrected chi connectivity index (χ1v) is 6.47. The van der Waals surface area contributed by atoms with Gasteiger partial charge in [0.25, 0.3) is 0 Å². The Hall–Kier alpha value is -1.09. The van der Waals surface area contributed by atoms with Crippen molar-refractivity contribution in [2.45, 2.75) is 27.7 Å². The fraction of sp³-hybridized carbons (Fsp3) is 0.500. The van der Waals surface area contributed by atoms with Crippen LogP contribution in [0.4, 0.5) is 5.69 Å². The Kier molecular flexibility index (Phi) is 4.94. The fourth-order valence-electron chi connectivity index (χ4n) is 1.56. The lowest BCUT2D eigenvalue weighted by atomic mass is 9.98. The predicted octanol–water partition coefficient (Wildman–Crippen LogP) is 3.33. The second-order valence-electron chi connectivity index (χ2n) is 5.00. The van der Waals surface area contributed by atoms with E-state index in [0.717, 1.165) is 23.4 Å². The lowest BCUT2D eigenvalue weighted by Gasteiger charge is -2.17. The summed E-state index contributed by atoms with van der Waals surface area (Å²) in [6.45, 7) is 9.77. The van der Waals surface area contributed by atoms with Crippen molar-refractivity contribution in [2.24, 2.45) is 17.6 Å². The van der Waals surface area contributed by atoms with E-state index in [1.165, 1.54) is 0 Å². The van der Waals surface area contributed by atoms with Gasteiger partial charge in [0.15, 0.2) is 0 Å². The highest BCUT2D eigenvalue weighted by atomic mass is 32.1. The lowest BCUT2D eigenvalue weighted by molar-refractivity contribution is 0.440. The molecule has 0 bridgehead atoms. The molecule has 0 amide bonds. The molecule has 3 heteroatoms. The van der Waals surface area contributed by atoms with E-state index in [1.807, 2.05) is 19.1 Å². The third kappa shape index (κ3) is 4.00. The van der Waals surface area contributed by atoms with Crippen molar-refractivity contribution in [2.75, 3.05) is 11.9 Å². The standard InChI is InChI=1S/C14H22N2S/c1-9(2)11(4)8-16-12-5-6-13(14(15)17)10(3)7-12/h5-7,9,11,16H,8H2,1-4H3,(H2,15,17). The van der Waals surface area contributed by atoms with Gasteiger partial charge in [-0.25, -0.2) is 0 Å². The van der Waals surface area contributed by atoms with Gasteiger partial charge in [0.1, 0.15) is 4.99 Å². The van der Waals surface area contributed by atoms with Gasteiger partial charge in [-0.05, 0) is 42.5 Å². The van der Waals surface area contributed by atoms with E-state index in [-0.39, 0.29) is 0 Å². The first kappa shape index (κ1) is 14.0. The molecule has 0 saturated heterocycles. The minimum atomic E-state index is 0.463. The average Bonchev–Trinajstić information content (AvgIpc) is 2.25. The van der Waals surface area contributed by atoms with Crippen LogP contribution in [0.15, 0.2) is 18.2 Å². The van der Waals surface area contributed by atoms with Gasteiger partial charge in [0.2, 0.25) is 0 Å². The van der Waals surface area contributed by atoms with Crippen molar-refractivity contribution in [3.8, 4) is 0 Å². The molecule has 17 heavy (non-hydrogen) atoms. The highest BCUT2D eigenvalue weighted by molar-refractivity contribution is 7.80. The van der Waals surface area contributed by atoms with Crippen molar-refractivity contribution in [1.82, 2.24) is 0 Å². The van der Waals surface area contributed by atoms with Gasteiger partial charge in [0, 0.05) is 17.8 Å². The van der Waals surface area contributed by atoms with Crippen LogP contribution in [0.3, 0.4) is 0 Å². The molecule has 0 aliphatic carbocycles. The molecule has 1 unspecified atom stereocenters. The van der Waals surface area contributed by atoms with E-state index < -0.39 is 0 Å². The molecule has 1 atom stereocenters. The summed E-state index contributed by atoms with van der Waals surface area (Å²) in [6, 6.07) is 6.12. The Labute approximate surface area is 110 Å². The zero-order chi connectivity index (χ0) is 13.0. The zero-order valence-electron chi connectivity index (χ0n) is 11.1. The van der Waals surface area contributed by atoms with Gasteiger partial charge in [-0.15, -0.1) is 0 Å². The van der Waals surface area contributed by atoms with Gasteiger partial charge >= 0.3 is 0 Å². The zero-order valence-corrected chi connectivity index (χ0v) is 11.9. The van der Waals surface area contributed by atoms with Crippen molar-refractivity contribution >= 4 is 22.9 Å². The van der Waals surface area contributed by atoms with E-state index in [9.17, 15) is 0 Å². The van der Waals surface area contributed by atoms with Crippen LogP contribution in [-0.4, -0.2) is 11.5 Å². The first-order chi connectivity index (χ1) is 7.91. The van der Waals surface area contributed by atoms with E-state index in [2.05, 4.69) is 32.2 Å². The largest absolute Gasteiger partial charge is 0.389 e. The second kappa shape index (κ2) is 6.01. The SMILES string of the molecule is Cc1cc(NCC(C)C(C)C)ccc1C(N)=S. The number of rotatable bonds is 5. The van der Waals surface area contributed by atoms with Crippen molar-refractivity contribution in [3.63, 3.8) is 0 Å². The van der Waals surface area contributed by atoms with Gasteiger partial charge in [-0.1, -0.05) is 33.0 Å². The van der Waals surface area contributed by atoms with Crippen LogP contribution in [0.1, 0.15) is 31.9 Å². The number of hydrogen-bond acceptors (Lipinski definition) is 2. The maximum absolute atomic E-state index is 5.64. The van der Waals surface area contributed by atoms with Crippen LogP contribution >= 0.6 is 12.2 Å². The fourth-order valence-corrected chi connectivity index (χ4v) is 1.79. The van der Waals surface area contributed by atoms with Gasteiger partial charge < -0.3 is 11.1 Å².